The number of rotatable bonds is 10. The van der Waals surface area contributed by atoms with Crippen molar-refractivity contribution in [3.8, 4) is 0 Å². The molecular formula is C21H23N5O8S2. The summed E-state index contributed by atoms with van der Waals surface area (Å²) < 4.78 is 5.12. The van der Waals surface area contributed by atoms with Gasteiger partial charge in [0.25, 0.3) is 11.8 Å². The molecule has 2 aliphatic rings. The van der Waals surface area contributed by atoms with Crippen LogP contribution in [0.5, 0.6) is 0 Å². The highest BCUT2D eigenvalue weighted by Crippen LogP contribution is 2.40. The van der Waals surface area contributed by atoms with Gasteiger partial charge in [0.2, 0.25) is 13.0 Å². The number of fused-ring (bicyclic) bond motifs is 1. The van der Waals surface area contributed by atoms with Crippen molar-refractivity contribution in [1.82, 2.24) is 15.2 Å². The number of thiazole rings is 1. The van der Waals surface area contributed by atoms with Gasteiger partial charge < -0.3 is 25.3 Å². The molecule has 15 heteroatoms. The van der Waals surface area contributed by atoms with Gasteiger partial charge in [-0.3, -0.25) is 19.3 Å². The largest absolute Gasteiger partial charge is 0.477 e. The maximum atomic E-state index is 13.1. The zero-order chi connectivity index (χ0) is 26.6. The molecule has 192 valence electrons. The number of carbonyl (C=O) groups excluding carboxylic acids is 4. The minimum Gasteiger partial charge on any atom is -0.477 e. The second kappa shape index (κ2) is 10.9. The molecule has 0 unspecified atom stereocenters. The Labute approximate surface area is 213 Å². The van der Waals surface area contributed by atoms with Crippen LogP contribution in [0.4, 0.5) is 5.13 Å². The normalized spacial score (nSPS) is 19.6. The predicted molar refractivity (Wildman–Crippen MR) is 130 cm³/mol. The molecule has 0 radical (unpaired) electrons. The summed E-state index contributed by atoms with van der Waals surface area (Å²) in [5.74, 6) is -3.17. The standard InChI is InChI=1S/C21H23N5O8S2/c1-5-10-7-35-18-14(17(30)26(18)15(10)19(31)32)24-16(29)13(11-8-36-20(23-11)22-9-27)25-33-6-12(28)34-21(2,3)4/h5,8-9,14,18H,1,6-7H2,2-4H3,(H,24,29)(H,31,32)(H,22,23,27)/b25-13-/t14-,18+/m1/s1. The number of nitrogens with zero attached hydrogens (tertiary/aromatic N) is 3. The fourth-order valence-corrected chi connectivity index (χ4v) is 5.23. The minimum atomic E-state index is -1.27. The highest BCUT2D eigenvalue weighted by molar-refractivity contribution is 8.00. The number of aromatic nitrogens is 1. The second-order valence-electron chi connectivity index (χ2n) is 8.34. The van der Waals surface area contributed by atoms with E-state index in [9.17, 15) is 29.1 Å². The third-order valence-electron chi connectivity index (χ3n) is 4.64. The van der Waals surface area contributed by atoms with Crippen molar-refractivity contribution >= 4 is 64.1 Å². The molecule has 0 bridgehead atoms. The zero-order valence-electron chi connectivity index (χ0n) is 19.5. The summed E-state index contributed by atoms with van der Waals surface area (Å²) in [6, 6.07) is -1.04. The summed E-state index contributed by atoms with van der Waals surface area (Å²) in [6.07, 6.45) is 1.79. The summed E-state index contributed by atoms with van der Waals surface area (Å²) >= 11 is 2.28. The summed E-state index contributed by atoms with van der Waals surface area (Å²) in [7, 11) is 0. The number of amides is 3. The average Bonchev–Trinajstić information content (AvgIpc) is 3.26. The van der Waals surface area contributed by atoms with Crippen molar-refractivity contribution < 1.29 is 38.7 Å². The first-order valence-electron chi connectivity index (χ1n) is 10.4. The molecule has 0 saturated carbocycles. The number of aliphatic carboxylic acids is 1. The van der Waals surface area contributed by atoms with E-state index in [0.717, 1.165) is 16.2 Å². The van der Waals surface area contributed by atoms with E-state index in [4.69, 9.17) is 9.57 Å². The number of carboxylic acid groups (broad SMARTS) is 1. The maximum absolute atomic E-state index is 13.1. The lowest BCUT2D eigenvalue weighted by Gasteiger charge is -2.49. The number of β-lactam (4-membered cyclic amide) rings is 1. The highest BCUT2D eigenvalue weighted by Gasteiger charge is 2.54. The van der Waals surface area contributed by atoms with E-state index in [1.807, 2.05) is 0 Å². The first-order valence-corrected chi connectivity index (χ1v) is 12.3. The molecule has 0 aliphatic carbocycles. The number of oxime groups is 1. The van der Waals surface area contributed by atoms with Gasteiger partial charge in [0, 0.05) is 11.1 Å². The molecule has 1 aromatic heterocycles. The van der Waals surface area contributed by atoms with Crippen LogP contribution in [-0.2, 0) is 33.5 Å². The molecule has 36 heavy (non-hydrogen) atoms. The van der Waals surface area contributed by atoms with Crippen molar-refractivity contribution in [3.63, 3.8) is 0 Å². The lowest BCUT2D eigenvalue weighted by atomic mass is 10.0. The number of ether oxygens (including phenoxy) is 1. The number of nitrogens with one attached hydrogen (secondary N) is 2. The van der Waals surface area contributed by atoms with Crippen molar-refractivity contribution in [2.24, 2.45) is 5.16 Å². The van der Waals surface area contributed by atoms with Crippen molar-refractivity contribution in [2.45, 2.75) is 37.8 Å². The molecule has 3 N–H and O–H groups in total. The molecule has 0 spiro atoms. The quantitative estimate of drug-likeness (QED) is 0.127. The van der Waals surface area contributed by atoms with E-state index in [1.165, 1.54) is 23.2 Å². The Balaban J connectivity index is 1.78. The molecule has 3 heterocycles. The summed E-state index contributed by atoms with van der Waals surface area (Å²) in [6.45, 7) is 8.02. The van der Waals surface area contributed by atoms with Crippen molar-refractivity contribution in [3.05, 3.63) is 35.0 Å². The molecule has 2 aliphatic heterocycles. The van der Waals surface area contributed by atoms with Crippen LogP contribution >= 0.6 is 23.1 Å². The Kier molecular flexibility index (Phi) is 8.14. The van der Waals surface area contributed by atoms with Gasteiger partial charge in [-0.2, -0.15) is 0 Å². The Bertz CT molecular complexity index is 1170. The van der Waals surface area contributed by atoms with Crippen LogP contribution in [0, 0.1) is 0 Å². The molecular weight excluding hydrogens is 514 g/mol. The summed E-state index contributed by atoms with van der Waals surface area (Å²) in [5.41, 5.74) is -0.870. The number of esters is 1. The topological polar surface area (TPSA) is 177 Å². The fraction of sp³-hybridized carbons (Fsp3) is 0.381. The molecule has 1 fully saturated rings. The number of allylic oxidation sites excluding steroid dienone is 1. The predicted octanol–water partition coefficient (Wildman–Crippen LogP) is 0.698. The first kappa shape index (κ1) is 26.9. The number of hydrogen-bond donors (Lipinski definition) is 3. The van der Waals surface area contributed by atoms with E-state index < -0.39 is 47.4 Å². The SMILES string of the molecule is C=CC1=C(C(=O)O)N2C(=O)[C@@H](NC(=O)/C(=N\OCC(=O)OC(C)(C)C)c3csc(NC=O)n3)[C@@H]2SC1. The average molecular weight is 538 g/mol. The molecule has 1 aromatic rings. The Morgan fingerprint density at radius 3 is 2.72 bits per heavy atom. The van der Waals surface area contributed by atoms with Crippen LogP contribution in [0.25, 0.3) is 0 Å². The monoisotopic (exact) mass is 537 g/mol. The Morgan fingerprint density at radius 1 is 1.39 bits per heavy atom. The molecule has 1 saturated heterocycles. The maximum Gasteiger partial charge on any atom is 0.352 e. The van der Waals surface area contributed by atoms with Crippen molar-refractivity contribution in [2.75, 3.05) is 17.7 Å². The lowest BCUT2D eigenvalue weighted by molar-refractivity contribution is -0.160. The lowest BCUT2D eigenvalue weighted by Crippen LogP contribution is -2.71. The number of carbonyl (C=O) groups is 5. The second-order valence-corrected chi connectivity index (χ2v) is 10.3. The fourth-order valence-electron chi connectivity index (χ4n) is 3.23. The van der Waals surface area contributed by atoms with Crippen LogP contribution < -0.4 is 10.6 Å². The van der Waals surface area contributed by atoms with Gasteiger partial charge in [-0.25, -0.2) is 14.6 Å². The van der Waals surface area contributed by atoms with Gasteiger partial charge in [-0.05, 0) is 26.3 Å². The van der Waals surface area contributed by atoms with E-state index in [1.54, 1.807) is 20.8 Å². The van der Waals surface area contributed by atoms with Crippen LogP contribution in [0.15, 0.2) is 34.5 Å². The molecule has 2 atom stereocenters. The van der Waals surface area contributed by atoms with Crippen molar-refractivity contribution in [1.29, 1.82) is 0 Å². The van der Waals surface area contributed by atoms with Gasteiger partial charge >= 0.3 is 11.9 Å². The van der Waals surface area contributed by atoms with Gasteiger partial charge in [-0.1, -0.05) is 17.8 Å². The van der Waals surface area contributed by atoms with Crippen LogP contribution in [0.2, 0.25) is 0 Å². The third kappa shape index (κ3) is 5.91. The smallest absolute Gasteiger partial charge is 0.352 e. The third-order valence-corrected chi connectivity index (χ3v) is 6.71. The number of anilines is 1. The number of thioether (sulfide) groups is 1. The van der Waals surface area contributed by atoms with Gasteiger partial charge in [-0.15, -0.1) is 23.1 Å². The van der Waals surface area contributed by atoms with Gasteiger partial charge in [0.1, 0.15) is 28.4 Å². The van der Waals surface area contributed by atoms with Gasteiger partial charge in [0.15, 0.2) is 10.8 Å². The van der Waals surface area contributed by atoms with E-state index >= 15 is 0 Å². The molecule has 13 nitrogen and oxygen atoms in total. The zero-order valence-corrected chi connectivity index (χ0v) is 21.1. The Morgan fingerprint density at radius 2 is 2.11 bits per heavy atom. The molecule has 0 aromatic carbocycles. The summed E-state index contributed by atoms with van der Waals surface area (Å²) in [5, 5.41) is 19.1. The number of carboxylic acids is 1. The van der Waals surface area contributed by atoms with E-state index in [0.29, 0.717) is 17.7 Å². The van der Waals surface area contributed by atoms with Crippen LogP contribution in [-0.4, -0.2) is 80.2 Å². The molecule has 3 rings (SSSR count). The van der Waals surface area contributed by atoms with Gasteiger partial charge in [0.05, 0.1) is 0 Å². The van der Waals surface area contributed by atoms with Crippen LogP contribution in [0.3, 0.4) is 0 Å². The van der Waals surface area contributed by atoms with E-state index in [-0.39, 0.29) is 22.2 Å². The van der Waals surface area contributed by atoms with Crippen LogP contribution in [0.1, 0.15) is 26.5 Å². The number of hydrogen-bond acceptors (Lipinski definition) is 11. The summed E-state index contributed by atoms with van der Waals surface area (Å²) in [4.78, 5) is 70.4. The highest BCUT2D eigenvalue weighted by atomic mass is 32.2. The molecule has 3 amide bonds. The minimum absolute atomic E-state index is 0.0195. The first-order chi connectivity index (χ1) is 17.0. The van der Waals surface area contributed by atoms with E-state index in [2.05, 4.69) is 27.4 Å². The Hall–Kier alpha value is -3.72.